The number of ether oxygens (including phenoxy) is 2. The monoisotopic (exact) mass is 688 g/mol. The van der Waals surface area contributed by atoms with Gasteiger partial charge < -0.3 is 14.4 Å². The molecule has 0 bridgehead atoms. The van der Waals surface area contributed by atoms with Gasteiger partial charge in [-0.15, -0.1) is 0 Å². The highest BCUT2D eigenvalue weighted by Crippen LogP contribution is 2.39. The van der Waals surface area contributed by atoms with Crippen molar-refractivity contribution in [3.05, 3.63) is 83.9 Å². The lowest BCUT2D eigenvalue weighted by Crippen LogP contribution is -2.52. The lowest BCUT2D eigenvalue weighted by Gasteiger charge is -2.42. The Hall–Kier alpha value is -3.74. The summed E-state index contributed by atoms with van der Waals surface area (Å²) in [6, 6.07) is 26.0. The standard InChI is InChI=1S/C45H56N2O4/c1-6-7-31(20-21-46(4)38-14-15-38)30(3)44(48)36-10-8-35-26-42(19-13-33(35)23-36)51-28-40-22-29(2)43(27-47(40)39-16-17-39)45(49)37-11-9-34-25-41(50-5)18-12-32(34)24-37/h8-13,18-19,23-26,29-31,38-40,43H,6-7,14-17,20-22,27-28H2,1-5H3/t29-,30-,31+,40?,43+/m0/s1. The van der Waals surface area contributed by atoms with Gasteiger partial charge in [0.2, 0.25) is 0 Å². The van der Waals surface area contributed by atoms with Gasteiger partial charge in [-0.1, -0.05) is 63.6 Å². The summed E-state index contributed by atoms with van der Waals surface area (Å²) in [6.45, 7) is 9.06. The van der Waals surface area contributed by atoms with Crippen molar-refractivity contribution in [2.45, 2.75) is 90.3 Å². The van der Waals surface area contributed by atoms with Crippen LogP contribution >= 0.6 is 0 Å². The molecule has 0 amide bonds. The predicted molar refractivity (Wildman–Crippen MR) is 207 cm³/mol. The van der Waals surface area contributed by atoms with Crippen LogP contribution in [0.1, 0.15) is 92.9 Å². The third-order valence-electron chi connectivity index (χ3n) is 12.2. The van der Waals surface area contributed by atoms with Gasteiger partial charge in [0.25, 0.3) is 0 Å². The molecular formula is C45H56N2O4. The van der Waals surface area contributed by atoms with Crippen LogP contribution in [0.25, 0.3) is 21.5 Å². The zero-order valence-electron chi connectivity index (χ0n) is 31.3. The average Bonchev–Trinajstić information content (AvgIpc) is 4.08. The van der Waals surface area contributed by atoms with Crippen molar-refractivity contribution < 1.29 is 19.1 Å². The minimum atomic E-state index is -0.0285. The molecule has 6 heteroatoms. The third kappa shape index (κ3) is 8.18. The first kappa shape index (κ1) is 35.7. The fourth-order valence-corrected chi connectivity index (χ4v) is 8.58. The smallest absolute Gasteiger partial charge is 0.167 e. The maximum atomic E-state index is 13.9. The molecule has 2 aliphatic carbocycles. The van der Waals surface area contributed by atoms with E-state index in [1.165, 1.54) is 25.7 Å². The quantitative estimate of drug-likeness (QED) is 0.109. The van der Waals surface area contributed by atoms with Crippen molar-refractivity contribution in [1.29, 1.82) is 0 Å². The summed E-state index contributed by atoms with van der Waals surface area (Å²) < 4.78 is 11.9. The Balaban J connectivity index is 0.980. The number of piperidine rings is 1. The molecule has 51 heavy (non-hydrogen) atoms. The molecule has 2 saturated carbocycles. The topological polar surface area (TPSA) is 59.1 Å². The molecule has 0 N–H and O–H groups in total. The summed E-state index contributed by atoms with van der Waals surface area (Å²) in [5.41, 5.74) is 1.60. The molecule has 3 aliphatic rings. The van der Waals surface area contributed by atoms with E-state index in [1.807, 2.05) is 48.5 Å². The maximum absolute atomic E-state index is 13.9. The summed E-state index contributed by atoms with van der Waals surface area (Å²) in [5.74, 6) is 2.83. The number of likely N-dealkylation sites (tertiary alicyclic amines) is 1. The summed E-state index contributed by atoms with van der Waals surface area (Å²) >= 11 is 0. The Morgan fingerprint density at radius 1 is 0.843 bits per heavy atom. The minimum absolute atomic E-state index is 0.0111. The number of ketones is 2. The average molecular weight is 689 g/mol. The number of nitrogens with zero attached hydrogens (tertiary/aromatic N) is 2. The molecule has 270 valence electrons. The van der Waals surface area contributed by atoms with Crippen LogP contribution in [0.5, 0.6) is 11.5 Å². The first-order chi connectivity index (χ1) is 24.7. The summed E-state index contributed by atoms with van der Waals surface area (Å²) in [4.78, 5) is 32.7. The predicted octanol–water partition coefficient (Wildman–Crippen LogP) is 9.47. The molecule has 1 saturated heterocycles. The molecule has 3 fully saturated rings. The van der Waals surface area contributed by atoms with E-state index < -0.39 is 0 Å². The lowest BCUT2D eigenvalue weighted by atomic mass is 9.78. The number of benzene rings is 4. The molecule has 1 unspecified atom stereocenters. The van der Waals surface area contributed by atoms with E-state index in [-0.39, 0.29) is 35.4 Å². The van der Waals surface area contributed by atoms with Crippen LogP contribution in [0, 0.1) is 23.7 Å². The number of methoxy groups -OCH3 is 1. The number of rotatable bonds is 16. The van der Waals surface area contributed by atoms with E-state index in [9.17, 15) is 9.59 Å². The van der Waals surface area contributed by atoms with E-state index in [0.29, 0.717) is 18.6 Å². The first-order valence-corrected chi connectivity index (χ1v) is 19.5. The fourth-order valence-electron chi connectivity index (χ4n) is 8.58. The van der Waals surface area contributed by atoms with E-state index in [1.54, 1.807) is 7.11 Å². The van der Waals surface area contributed by atoms with Crippen molar-refractivity contribution in [3.8, 4) is 11.5 Å². The van der Waals surface area contributed by atoms with E-state index in [0.717, 1.165) is 89.0 Å². The van der Waals surface area contributed by atoms with Crippen molar-refractivity contribution in [2.24, 2.45) is 23.7 Å². The Labute approximate surface area is 304 Å². The van der Waals surface area contributed by atoms with Gasteiger partial charge in [-0.05, 0) is 128 Å². The van der Waals surface area contributed by atoms with Crippen LogP contribution in [0.4, 0.5) is 0 Å². The van der Waals surface area contributed by atoms with Gasteiger partial charge in [-0.2, -0.15) is 0 Å². The van der Waals surface area contributed by atoms with Crippen molar-refractivity contribution >= 4 is 33.1 Å². The van der Waals surface area contributed by atoms with Crippen molar-refractivity contribution in [1.82, 2.24) is 9.80 Å². The van der Waals surface area contributed by atoms with E-state index >= 15 is 0 Å². The third-order valence-corrected chi connectivity index (χ3v) is 12.2. The molecule has 1 heterocycles. The van der Waals surface area contributed by atoms with Crippen LogP contribution in [-0.4, -0.2) is 73.3 Å². The van der Waals surface area contributed by atoms with Gasteiger partial charge in [0, 0.05) is 47.6 Å². The molecule has 0 radical (unpaired) electrons. The van der Waals surface area contributed by atoms with Crippen molar-refractivity contribution in [3.63, 3.8) is 0 Å². The molecule has 1 aliphatic heterocycles. The molecule has 0 aromatic heterocycles. The summed E-state index contributed by atoms with van der Waals surface area (Å²) in [6.07, 6.45) is 9.23. The maximum Gasteiger partial charge on any atom is 0.167 e. The van der Waals surface area contributed by atoms with Crippen LogP contribution in [0.2, 0.25) is 0 Å². The van der Waals surface area contributed by atoms with Gasteiger partial charge in [0.15, 0.2) is 11.6 Å². The lowest BCUT2D eigenvalue weighted by molar-refractivity contribution is 0.0322. The largest absolute Gasteiger partial charge is 0.497 e. The van der Waals surface area contributed by atoms with Crippen LogP contribution in [-0.2, 0) is 0 Å². The SMILES string of the molecule is CCC[C@H](CCN(C)C1CC1)[C@H](C)C(=O)c1ccc2cc(OCC3C[C@H](C)[C@H](C(=O)c4ccc5cc(OC)ccc5c4)CN3C3CC3)ccc2c1. The molecule has 6 nitrogen and oxygen atoms in total. The normalized spacial score (nSPS) is 22.3. The fraction of sp³-hybridized carbons (Fsp3) is 0.511. The molecule has 0 spiro atoms. The number of carbonyl (C=O) groups excluding carboxylic acids is 2. The second-order valence-electron chi connectivity index (χ2n) is 15.9. The number of carbonyl (C=O) groups is 2. The van der Waals surface area contributed by atoms with Gasteiger partial charge in [0.05, 0.1) is 7.11 Å². The van der Waals surface area contributed by atoms with Gasteiger partial charge >= 0.3 is 0 Å². The number of Topliss-reactive ketones (excluding diaryl/α,β-unsaturated/α-hetero) is 2. The van der Waals surface area contributed by atoms with E-state index in [2.05, 4.69) is 61.9 Å². The molecule has 7 rings (SSSR count). The number of hydrogen-bond donors (Lipinski definition) is 0. The van der Waals surface area contributed by atoms with Gasteiger partial charge in [-0.3, -0.25) is 14.5 Å². The molecule has 4 aromatic carbocycles. The highest BCUT2D eigenvalue weighted by atomic mass is 16.5. The van der Waals surface area contributed by atoms with Gasteiger partial charge in [-0.25, -0.2) is 0 Å². The second-order valence-corrected chi connectivity index (χ2v) is 15.9. The Bertz CT molecular complexity index is 1860. The zero-order chi connectivity index (χ0) is 35.6. The first-order valence-electron chi connectivity index (χ1n) is 19.5. The van der Waals surface area contributed by atoms with Crippen LogP contribution < -0.4 is 9.47 Å². The molecule has 4 aromatic rings. The van der Waals surface area contributed by atoms with Crippen LogP contribution in [0.3, 0.4) is 0 Å². The second kappa shape index (κ2) is 15.5. The zero-order valence-corrected chi connectivity index (χ0v) is 31.3. The molecular weight excluding hydrogens is 633 g/mol. The van der Waals surface area contributed by atoms with Gasteiger partial charge in [0.1, 0.15) is 18.1 Å². The number of fused-ring (bicyclic) bond motifs is 2. The Kier molecular flexibility index (Phi) is 10.8. The van der Waals surface area contributed by atoms with E-state index in [4.69, 9.17) is 9.47 Å². The summed E-state index contributed by atoms with van der Waals surface area (Å²) in [5, 5.41) is 4.30. The van der Waals surface area contributed by atoms with Crippen LogP contribution in [0.15, 0.2) is 72.8 Å². The highest BCUT2D eigenvalue weighted by Gasteiger charge is 2.43. The Morgan fingerprint density at radius 2 is 1.47 bits per heavy atom. The Morgan fingerprint density at radius 3 is 2.14 bits per heavy atom. The van der Waals surface area contributed by atoms with Crippen molar-refractivity contribution in [2.75, 3.05) is 33.9 Å². The summed E-state index contributed by atoms with van der Waals surface area (Å²) in [7, 11) is 3.91. The minimum Gasteiger partial charge on any atom is -0.497 e. The number of hydrogen-bond acceptors (Lipinski definition) is 6. The highest BCUT2D eigenvalue weighted by molar-refractivity contribution is 6.02. The molecule has 5 atom stereocenters.